The van der Waals surface area contributed by atoms with E-state index in [4.69, 9.17) is 0 Å². The highest BCUT2D eigenvalue weighted by Crippen LogP contribution is 2.08. The molecule has 0 aliphatic heterocycles. The number of hydrogen-bond donors (Lipinski definition) is 0. The molecular weight excluding hydrogens is 180 g/mol. The van der Waals surface area contributed by atoms with Crippen LogP contribution in [-0.4, -0.2) is 9.97 Å². The fraction of sp³-hybridized carbons (Fsp3) is 0.333. The maximum absolute atomic E-state index is 4.13. The van der Waals surface area contributed by atoms with Gasteiger partial charge in [0.1, 0.15) is 4.60 Å². The molecule has 0 fully saturated rings. The second kappa shape index (κ2) is 2.43. The minimum Gasteiger partial charge on any atom is -0.257 e. The molecule has 2 nitrogen and oxygen atoms in total. The summed E-state index contributed by atoms with van der Waals surface area (Å²) in [5.74, 6) is 0. The molecule has 0 radical (unpaired) electrons. The Kier molecular flexibility index (Phi) is 1.81. The first-order valence-corrected chi connectivity index (χ1v) is 3.45. The van der Waals surface area contributed by atoms with Crippen molar-refractivity contribution >= 4 is 15.9 Å². The lowest BCUT2D eigenvalue weighted by molar-refractivity contribution is 1.03. The minimum absolute atomic E-state index is 0.836. The molecule has 0 unspecified atom stereocenters. The monoisotopic (exact) mass is 186 g/mol. The Morgan fingerprint density at radius 2 is 2.11 bits per heavy atom. The molecule has 0 amide bonds. The average molecular weight is 187 g/mol. The molecule has 9 heavy (non-hydrogen) atoms. The first-order valence-electron chi connectivity index (χ1n) is 2.66. The largest absolute Gasteiger partial charge is 0.257 e. The van der Waals surface area contributed by atoms with Gasteiger partial charge in [0.25, 0.3) is 0 Å². The van der Waals surface area contributed by atoms with E-state index in [1.54, 1.807) is 6.20 Å². The van der Waals surface area contributed by atoms with Crippen LogP contribution in [0.4, 0.5) is 0 Å². The fourth-order valence-electron chi connectivity index (χ4n) is 0.508. The quantitative estimate of drug-likeness (QED) is 0.619. The summed E-state index contributed by atoms with van der Waals surface area (Å²) in [6.07, 6.45) is 1.75. The third-order valence-electron chi connectivity index (χ3n) is 1.02. The summed E-state index contributed by atoms with van der Waals surface area (Å²) in [7, 11) is 0. The molecule has 0 N–H and O–H groups in total. The van der Waals surface area contributed by atoms with Gasteiger partial charge in [0.15, 0.2) is 0 Å². The maximum Gasteiger partial charge on any atom is 0.127 e. The SMILES string of the molecule is Cc1cnc(C)c(Br)n1. The Morgan fingerprint density at radius 1 is 1.44 bits per heavy atom. The van der Waals surface area contributed by atoms with E-state index in [-0.39, 0.29) is 0 Å². The summed E-state index contributed by atoms with van der Waals surface area (Å²) in [5.41, 5.74) is 1.87. The van der Waals surface area contributed by atoms with Gasteiger partial charge in [0, 0.05) is 6.20 Å². The number of halogens is 1. The highest BCUT2D eigenvalue weighted by molar-refractivity contribution is 9.10. The summed E-state index contributed by atoms with van der Waals surface area (Å²) in [6, 6.07) is 0. The lowest BCUT2D eigenvalue weighted by Gasteiger charge is -1.94. The summed E-state index contributed by atoms with van der Waals surface area (Å²) in [5, 5.41) is 0. The summed E-state index contributed by atoms with van der Waals surface area (Å²) < 4.78 is 0.836. The van der Waals surface area contributed by atoms with Crippen LogP contribution >= 0.6 is 15.9 Å². The number of aromatic nitrogens is 2. The third kappa shape index (κ3) is 1.48. The van der Waals surface area contributed by atoms with Crippen LogP contribution in [0.2, 0.25) is 0 Å². The van der Waals surface area contributed by atoms with Crippen molar-refractivity contribution in [2.75, 3.05) is 0 Å². The molecule has 0 aliphatic carbocycles. The van der Waals surface area contributed by atoms with Gasteiger partial charge in [-0.25, -0.2) is 4.98 Å². The molecule has 1 rings (SSSR count). The van der Waals surface area contributed by atoms with E-state index in [1.807, 2.05) is 13.8 Å². The van der Waals surface area contributed by atoms with Crippen LogP contribution in [-0.2, 0) is 0 Å². The number of aryl methyl sites for hydroxylation is 2. The lowest BCUT2D eigenvalue weighted by Crippen LogP contribution is -1.88. The lowest BCUT2D eigenvalue weighted by atomic mass is 10.4. The molecule has 0 atom stereocenters. The predicted octanol–water partition coefficient (Wildman–Crippen LogP) is 1.86. The van der Waals surface area contributed by atoms with E-state index in [0.29, 0.717) is 0 Å². The Bertz CT molecular complexity index is 222. The smallest absolute Gasteiger partial charge is 0.127 e. The highest BCUT2D eigenvalue weighted by Gasteiger charge is 1.94. The third-order valence-corrected chi connectivity index (χ3v) is 1.77. The van der Waals surface area contributed by atoms with Crippen molar-refractivity contribution in [1.82, 2.24) is 9.97 Å². The highest BCUT2D eigenvalue weighted by atomic mass is 79.9. The molecule has 0 saturated carbocycles. The van der Waals surface area contributed by atoms with Crippen molar-refractivity contribution in [2.24, 2.45) is 0 Å². The molecule has 3 heteroatoms. The number of nitrogens with zero attached hydrogens (tertiary/aromatic N) is 2. The van der Waals surface area contributed by atoms with E-state index in [2.05, 4.69) is 25.9 Å². The summed E-state index contributed by atoms with van der Waals surface area (Å²) >= 11 is 3.27. The second-order valence-electron chi connectivity index (χ2n) is 1.89. The van der Waals surface area contributed by atoms with Gasteiger partial charge in [0.05, 0.1) is 11.4 Å². The van der Waals surface area contributed by atoms with Gasteiger partial charge in [-0.2, -0.15) is 0 Å². The van der Waals surface area contributed by atoms with Crippen molar-refractivity contribution in [3.8, 4) is 0 Å². The van der Waals surface area contributed by atoms with Crippen molar-refractivity contribution in [3.63, 3.8) is 0 Å². The topological polar surface area (TPSA) is 25.8 Å². The Morgan fingerprint density at radius 3 is 2.56 bits per heavy atom. The average Bonchev–Trinajstić information content (AvgIpc) is 1.80. The Hall–Kier alpha value is -0.440. The van der Waals surface area contributed by atoms with Crippen LogP contribution < -0.4 is 0 Å². The summed E-state index contributed by atoms with van der Waals surface area (Å²) in [6.45, 7) is 3.83. The van der Waals surface area contributed by atoms with Crippen LogP contribution in [0.25, 0.3) is 0 Å². The van der Waals surface area contributed by atoms with Crippen molar-refractivity contribution in [1.29, 1.82) is 0 Å². The molecule has 0 bridgehead atoms. The van der Waals surface area contributed by atoms with Crippen LogP contribution in [0.15, 0.2) is 10.8 Å². The van der Waals surface area contributed by atoms with Crippen LogP contribution in [0.3, 0.4) is 0 Å². The van der Waals surface area contributed by atoms with Gasteiger partial charge in [-0.1, -0.05) is 0 Å². The van der Waals surface area contributed by atoms with Gasteiger partial charge in [-0.3, -0.25) is 4.98 Å². The van der Waals surface area contributed by atoms with Gasteiger partial charge in [-0.05, 0) is 29.8 Å². The van der Waals surface area contributed by atoms with Gasteiger partial charge in [-0.15, -0.1) is 0 Å². The van der Waals surface area contributed by atoms with Crippen molar-refractivity contribution < 1.29 is 0 Å². The minimum atomic E-state index is 0.836. The molecule has 1 aromatic rings. The van der Waals surface area contributed by atoms with Crippen LogP contribution in [0.5, 0.6) is 0 Å². The zero-order valence-electron chi connectivity index (χ0n) is 5.35. The van der Waals surface area contributed by atoms with E-state index in [9.17, 15) is 0 Å². The van der Waals surface area contributed by atoms with Crippen LogP contribution in [0.1, 0.15) is 11.4 Å². The van der Waals surface area contributed by atoms with Gasteiger partial charge < -0.3 is 0 Å². The van der Waals surface area contributed by atoms with Crippen molar-refractivity contribution in [3.05, 3.63) is 22.2 Å². The summed E-state index contributed by atoms with van der Waals surface area (Å²) in [4.78, 5) is 8.20. The molecule has 0 aromatic carbocycles. The first-order chi connectivity index (χ1) is 4.20. The number of rotatable bonds is 0. The fourth-order valence-corrected chi connectivity index (χ4v) is 0.890. The van der Waals surface area contributed by atoms with Gasteiger partial charge in [0.2, 0.25) is 0 Å². The van der Waals surface area contributed by atoms with Gasteiger partial charge >= 0.3 is 0 Å². The normalized spacial score (nSPS) is 9.67. The molecule has 1 aromatic heterocycles. The zero-order chi connectivity index (χ0) is 6.85. The molecular formula is C6H7BrN2. The standard InChI is InChI=1S/C6H7BrN2/c1-4-3-8-5(2)6(7)9-4/h3H,1-2H3. The molecule has 0 spiro atoms. The van der Waals surface area contributed by atoms with E-state index >= 15 is 0 Å². The molecule has 1 heterocycles. The second-order valence-corrected chi connectivity index (χ2v) is 2.64. The Balaban J connectivity index is 3.17. The van der Waals surface area contributed by atoms with Crippen LogP contribution in [0, 0.1) is 13.8 Å². The first kappa shape index (κ1) is 6.68. The van der Waals surface area contributed by atoms with E-state index in [0.717, 1.165) is 16.0 Å². The molecule has 48 valence electrons. The van der Waals surface area contributed by atoms with E-state index < -0.39 is 0 Å². The Labute approximate surface area is 62.5 Å². The molecule has 0 saturated heterocycles. The molecule has 0 aliphatic rings. The zero-order valence-corrected chi connectivity index (χ0v) is 6.94. The maximum atomic E-state index is 4.13. The number of hydrogen-bond acceptors (Lipinski definition) is 2. The van der Waals surface area contributed by atoms with Crippen molar-refractivity contribution in [2.45, 2.75) is 13.8 Å². The predicted molar refractivity (Wildman–Crippen MR) is 39.2 cm³/mol. The van der Waals surface area contributed by atoms with E-state index in [1.165, 1.54) is 0 Å².